The molecular weight excluding hydrogens is 249 g/mol. The van der Waals surface area contributed by atoms with Gasteiger partial charge in [0, 0.05) is 5.56 Å². The molecule has 19 heavy (non-hydrogen) atoms. The standard InChI is InChI=1S/C14H12FNO3/c1-19-14-5-3-10(7-12(14)15)9-2-4-13(17)11(6-9)8-16-18/h2-7,17H,8H2,1H3. The molecule has 0 radical (unpaired) electrons. The molecule has 0 atom stereocenters. The molecule has 0 aliphatic rings. The van der Waals surface area contributed by atoms with Crippen LogP contribution in [0.15, 0.2) is 41.6 Å². The summed E-state index contributed by atoms with van der Waals surface area (Å²) >= 11 is 0. The third kappa shape index (κ3) is 2.70. The zero-order valence-corrected chi connectivity index (χ0v) is 10.3. The Morgan fingerprint density at radius 2 is 1.89 bits per heavy atom. The second-order valence-corrected chi connectivity index (χ2v) is 3.98. The molecule has 0 bridgehead atoms. The first-order chi connectivity index (χ1) is 9.15. The van der Waals surface area contributed by atoms with Crippen molar-refractivity contribution in [3.05, 3.63) is 52.7 Å². The summed E-state index contributed by atoms with van der Waals surface area (Å²) < 4.78 is 18.5. The summed E-state index contributed by atoms with van der Waals surface area (Å²) in [7, 11) is 1.40. The smallest absolute Gasteiger partial charge is 0.165 e. The van der Waals surface area contributed by atoms with Crippen molar-refractivity contribution < 1.29 is 14.2 Å². The number of nitrogens with zero attached hydrogens (tertiary/aromatic N) is 1. The Hall–Kier alpha value is -2.43. The number of methoxy groups -OCH3 is 1. The van der Waals surface area contributed by atoms with Gasteiger partial charge in [0.1, 0.15) is 12.3 Å². The van der Waals surface area contributed by atoms with Crippen LogP contribution in [0.5, 0.6) is 11.5 Å². The van der Waals surface area contributed by atoms with Crippen LogP contribution in [0.25, 0.3) is 11.1 Å². The van der Waals surface area contributed by atoms with Gasteiger partial charge in [0.2, 0.25) is 0 Å². The van der Waals surface area contributed by atoms with Gasteiger partial charge in [0.15, 0.2) is 11.6 Å². The molecule has 0 spiro atoms. The van der Waals surface area contributed by atoms with Gasteiger partial charge in [-0.25, -0.2) is 4.39 Å². The first-order valence-corrected chi connectivity index (χ1v) is 5.60. The second kappa shape index (κ2) is 5.48. The van der Waals surface area contributed by atoms with E-state index in [2.05, 4.69) is 5.18 Å². The Labute approximate surface area is 109 Å². The number of phenolic OH excluding ortho intramolecular Hbond substituents is 1. The van der Waals surface area contributed by atoms with Gasteiger partial charge in [-0.3, -0.25) is 0 Å². The maximum absolute atomic E-state index is 13.6. The van der Waals surface area contributed by atoms with E-state index >= 15 is 0 Å². The van der Waals surface area contributed by atoms with Gasteiger partial charge in [-0.15, -0.1) is 0 Å². The van der Waals surface area contributed by atoms with Gasteiger partial charge < -0.3 is 9.84 Å². The van der Waals surface area contributed by atoms with Gasteiger partial charge in [0.05, 0.1) is 7.11 Å². The number of hydrogen-bond donors (Lipinski definition) is 1. The number of phenols is 1. The van der Waals surface area contributed by atoms with Crippen molar-refractivity contribution in [1.29, 1.82) is 0 Å². The highest BCUT2D eigenvalue weighted by atomic mass is 19.1. The Kier molecular flexibility index (Phi) is 3.75. The van der Waals surface area contributed by atoms with E-state index in [9.17, 15) is 14.4 Å². The third-order valence-corrected chi connectivity index (χ3v) is 2.80. The van der Waals surface area contributed by atoms with E-state index in [-0.39, 0.29) is 18.0 Å². The fourth-order valence-electron chi connectivity index (χ4n) is 1.81. The normalized spacial score (nSPS) is 10.2. The number of aromatic hydroxyl groups is 1. The predicted octanol–water partition coefficient (Wildman–Crippen LogP) is 3.47. The van der Waals surface area contributed by atoms with Gasteiger partial charge in [-0.05, 0) is 35.4 Å². The zero-order chi connectivity index (χ0) is 13.8. The molecule has 1 N–H and O–H groups in total. The number of halogens is 1. The molecule has 4 nitrogen and oxygen atoms in total. The fourth-order valence-corrected chi connectivity index (χ4v) is 1.81. The van der Waals surface area contributed by atoms with Crippen molar-refractivity contribution in [2.75, 3.05) is 7.11 Å². The van der Waals surface area contributed by atoms with Crippen LogP contribution in [0.1, 0.15) is 5.56 Å². The topological polar surface area (TPSA) is 58.9 Å². The van der Waals surface area contributed by atoms with Gasteiger partial charge in [0.25, 0.3) is 0 Å². The van der Waals surface area contributed by atoms with Crippen LogP contribution in [0.4, 0.5) is 4.39 Å². The van der Waals surface area contributed by atoms with E-state index in [1.807, 2.05) is 0 Å². The molecule has 0 saturated carbocycles. The van der Waals surface area contributed by atoms with Crippen molar-refractivity contribution in [3.8, 4) is 22.6 Å². The van der Waals surface area contributed by atoms with Crippen molar-refractivity contribution in [2.45, 2.75) is 6.54 Å². The lowest BCUT2D eigenvalue weighted by Crippen LogP contribution is -1.89. The van der Waals surface area contributed by atoms with Gasteiger partial charge in [-0.1, -0.05) is 17.3 Å². The van der Waals surface area contributed by atoms with Crippen molar-refractivity contribution in [1.82, 2.24) is 0 Å². The Balaban J connectivity index is 2.44. The molecule has 98 valence electrons. The highest BCUT2D eigenvalue weighted by Gasteiger charge is 2.08. The lowest BCUT2D eigenvalue weighted by atomic mass is 10.0. The number of hydrogen-bond acceptors (Lipinski definition) is 4. The van der Waals surface area contributed by atoms with Crippen LogP contribution >= 0.6 is 0 Å². The first-order valence-electron chi connectivity index (χ1n) is 5.60. The number of rotatable bonds is 4. The summed E-state index contributed by atoms with van der Waals surface area (Å²) in [5.41, 5.74) is 1.73. The monoisotopic (exact) mass is 261 g/mol. The molecule has 2 aromatic carbocycles. The summed E-state index contributed by atoms with van der Waals surface area (Å²) in [6.45, 7) is -0.127. The van der Waals surface area contributed by atoms with Crippen molar-refractivity contribution >= 4 is 0 Å². The average Bonchev–Trinajstić information content (AvgIpc) is 2.41. The van der Waals surface area contributed by atoms with E-state index in [0.717, 1.165) is 0 Å². The molecule has 0 saturated heterocycles. The second-order valence-electron chi connectivity index (χ2n) is 3.98. The lowest BCUT2D eigenvalue weighted by Gasteiger charge is -2.07. The van der Waals surface area contributed by atoms with Crippen LogP contribution in [-0.4, -0.2) is 12.2 Å². The minimum absolute atomic E-state index is 0.00247. The molecule has 0 aromatic heterocycles. The molecular formula is C14H12FNO3. The fraction of sp³-hybridized carbons (Fsp3) is 0.143. The van der Waals surface area contributed by atoms with E-state index in [1.54, 1.807) is 18.2 Å². The average molecular weight is 261 g/mol. The van der Waals surface area contributed by atoms with Gasteiger partial charge in [-0.2, -0.15) is 4.91 Å². The minimum atomic E-state index is -0.469. The van der Waals surface area contributed by atoms with E-state index in [1.165, 1.54) is 25.3 Å². The maximum Gasteiger partial charge on any atom is 0.165 e. The SMILES string of the molecule is COc1ccc(-c2ccc(O)c(CN=O)c2)cc1F. The third-order valence-electron chi connectivity index (χ3n) is 2.80. The number of ether oxygens (including phenoxy) is 1. The summed E-state index contributed by atoms with van der Waals surface area (Å²) in [5.74, 6) is -0.308. The van der Waals surface area contributed by atoms with Crippen LogP contribution in [0.2, 0.25) is 0 Å². The molecule has 5 heteroatoms. The quantitative estimate of drug-likeness (QED) is 0.857. The lowest BCUT2D eigenvalue weighted by molar-refractivity contribution is 0.386. The largest absolute Gasteiger partial charge is 0.508 e. The zero-order valence-electron chi connectivity index (χ0n) is 10.3. The maximum atomic E-state index is 13.6. The molecule has 2 rings (SSSR count). The van der Waals surface area contributed by atoms with Crippen LogP contribution < -0.4 is 4.74 Å². The Morgan fingerprint density at radius 3 is 2.53 bits per heavy atom. The predicted molar refractivity (Wildman–Crippen MR) is 69.6 cm³/mol. The Bertz CT molecular complexity index is 614. The first kappa shape index (κ1) is 13.0. The molecule has 0 heterocycles. The molecule has 0 unspecified atom stereocenters. The highest BCUT2D eigenvalue weighted by molar-refractivity contribution is 5.66. The summed E-state index contributed by atoms with van der Waals surface area (Å²) in [6, 6.07) is 9.27. The van der Waals surface area contributed by atoms with E-state index in [4.69, 9.17) is 4.74 Å². The molecule has 0 fully saturated rings. The minimum Gasteiger partial charge on any atom is -0.508 e. The molecule has 2 aromatic rings. The van der Waals surface area contributed by atoms with Crippen LogP contribution in [0.3, 0.4) is 0 Å². The summed E-state index contributed by atoms with van der Waals surface area (Å²) in [4.78, 5) is 10.3. The van der Waals surface area contributed by atoms with Crippen LogP contribution in [0, 0.1) is 10.7 Å². The highest BCUT2D eigenvalue weighted by Crippen LogP contribution is 2.29. The van der Waals surface area contributed by atoms with Crippen LogP contribution in [-0.2, 0) is 6.54 Å². The van der Waals surface area contributed by atoms with Gasteiger partial charge >= 0.3 is 0 Å². The molecule has 0 aliphatic heterocycles. The van der Waals surface area contributed by atoms with E-state index in [0.29, 0.717) is 16.7 Å². The Morgan fingerprint density at radius 1 is 1.21 bits per heavy atom. The van der Waals surface area contributed by atoms with Crippen molar-refractivity contribution in [3.63, 3.8) is 0 Å². The molecule has 0 aliphatic carbocycles. The van der Waals surface area contributed by atoms with E-state index < -0.39 is 5.82 Å². The summed E-state index contributed by atoms with van der Waals surface area (Å²) in [6.07, 6.45) is 0. The van der Waals surface area contributed by atoms with Crippen molar-refractivity contribution in [2.24, 2.45) is 5.18 Å². The number of benzene rings is 2. The molecule has 0 amide bonds. The summed E-state index contributed by atoms with van der Waals surface area (Å²) in [5, 5.41) is 12.3. The number of nitroso groups, excluding NO2 is 1.